The molecule has 134 valence electrons. The first-order valence-corrected chi connectivity index (χ1v) is 9.80. The zero-order chi connectivity index (χ0) is 17.1. The van der Waals surface area contributed by atoms with E-state index in [1.54, 1.807) is 4.90 Å². The van der Waals surface area contributed by atoms with Gasteiger partial charge in [-0.3, -0.25) is 4.79 Å². The van der Waals surface area contributed by atoms with Gasteiger partial charge >= 0.3 is 0 Å². The molecule has 3 N–H and O–H groups in total. The first-order chi connectivity index (χ1) is 10.8. The highest BCUT2D eigenvalue weighted by molar-refractivity contribution is 7.88. The van der Waals surface area contributed by atoms with Crippen LogP contribution in [0.4, 0.5) is 0 Å². The van der Waals surface area contributed by atoms with Gasteiger partial charge < -0.3 is 19.8 Å². The summed E-state index contributed by atoms with van der Waals surface area (Å²) in [7, 11) is -3.28. The van der Waals surface area contributed by atoms with Gasteiger partial charge in [0.25, 0.3) is 0 Å². The maximum absolute atomic E-state index is 12.1. The molecule has 1 saturated carbocycles. The number of ether oxygens (including phenoxy) is 1. The molecule has 9 heteroatoms. The van der Waals surface area contributed by atoms with E-state index < -0.39 is 16.1 Å². The summed E-state index contributed by atoms with van der Waals surface area (Å²) in [4.78, 5) is 13.8. The molecule has 1 amide bonds. The molecular weight excluding hydrogens is 324 g/mol. The van der Waals surface area contributed by atoms with Gasteiger partial charge in [-0.05, 0) is 12.8 Å². The molecule has 2 rings (SSSR count). The molecule has 23 heavy (non-hydrogen) atoms. The smallest absolute Gasteiger partial charge is 0.223 e. The van der Waals surface area contributed by atoms with Crippen LogP contribution in [0.5, 0.6) is 0 Å². The summed E-state index contributed by atoms with van der Waals surface area (Å²) in [5, 5.41) is 19.0. The molecule has 0 radical (unpaired) electrons. The molecule has 2 atom stereocenters. The third-order valence-corrected chi connectivity index (χ3v) is 5.63. The van der Waals surface area contributed by atoms with Crippen LogP contribution in [0.1, 0.15) is 25.7 Å². The average Bonchev–Trinajstić information content (AvgIpc) is 2.50. The normalized spacial score (nSPS) is 27.0. The van der Waals surface area contributed by atoms with Crippen molar-refractivity contribution in [3.63, 3.8) is 0 Å². The predicted octanol–water partition coefficient (Wildman–Crippen LogP) is -1.32. The van der Waals surface area contributed by atoms with Gasteiger partial charge in [-0.15, -0.1) is 0 Å². The second kappa shape index (κ2) is 7.43. The zero-order valence-corrected chi connectivity index (χ0v) is 14.2. The van der Waals surface area contributed by atoms with Crippen LogP contribution in [-0.4, -0.2) is 80.7 Å². The number of nitrogens with one attached hydrogen (secondary N) is 1. The molecule has 2 aliphatic rings. The van der Waals surface area contributed by atoms with E-state index >= 15 is 0 Å². The summed E-state index contributed by atoms with van der Waals surface area (Å²) in [6.07, 6.45) is 2.61. The highest BCUT2D eigenvalue weighted by Crippen LogP contribution is 2.50. The number of amides is 1. The van der Waals surface area contributed by atoms with Crippen LogP contribution in [0.3, 0.4) is 0 Å². The van der Waals surface area contributed by atoms with Crippen LogP contribution in [-0.2, 0) is 19.6 Å². The number of aliphatic hydroxyl groups excluding tert-OH is 2. The molecule has 1 aliphatic heterocycles. The van der Waals surface area contributed by atoms with Crippen molar-refractivity contribution in [3.8, 4) is 0 Å². The molecule has 2 fully saturated rings. The van der Waals surface area contributed by atoms with Gasteiger partial charge in [0, 0.05) is 37.9 Å². The highest BCUT2D eigenvalue weighted by Gasteiger charge is 2.56. The highest BCUT2D eigenvalue weighted by atomic mass is 32.2. The standard InChI is InChI=1S/C14H26N2O6S/c1-23(20,21)15-5-2-13(19)16-6-3-14(4-7-16)11(18)10-12(14)22-9-8-17/h11-12,15,17-18H,2-10H2,1H3/t11-,12+/m1/s1. The fraction of sp³-hybridized carbons (Fsp3) is 0.929. The Morgan fingerprint density at radius 1 is 1.39 bits per heavy atom. The molecule has 0 bridgehead atoms. The lowest BCUT2D eigenvalue weighted by molar-refractivity contribution is -0.213. The number of hydrogen-bond acceptors (Lipinski definition) is 6. The van der Waals surface area contributed by atoms with Gasteiger partial charge in [0.15, 0.2) is 0 Å². The van der Waals surface area contributed by atoms with Crippen molar-refractivity contribution in [1.82, 2.24) is 9.62 Å². The third-order valence-electron chi connectivity index (χ3n) is 4.90. The third kappa shape index (κ3) is 4.42. The van der Waals surface area contributed by atoms with E-state index in [4.69, 9.17) is 9.84 Å². The summed E-state index contributed by atoms with van der Waals surface area (Å²) in [5.41, 5.74) is -0.309. The van der Waals surface area contributed by atoms with E-state index in [1.807, 2.05) is 0 Å². The molecule has 0 unspecified atom stereocenters. The molecule has 0 aromatic heterocycles. The first kappa shape index (κ1) is 18.6. The van der Waals surface area contributed by atoms with Crippen molar-refractivity contribution < 1.29 is 28.2 Å². The summed E-state index contributed by atoms with van der Waals surface area (Å²) >= 11 is 0. The summed E-state index contributed by atoms with van der Waals surface area (Å²) in [5.74, 6) is -0.0855. The Labute approximate surface area is 136 Å². The van der Waals surface area contributed by atoms with E-state index in [1.165, 1.54) is 0 Å². The minimum atomic E-state index is -3.28. The van der Waals surface area contributed by atoms with Crippen LogP contribution in [0, 0.1) is 5.41 Å². The fourth-order valence-electron chi connectivity index (χ4n) is 3.48. The molecule has 1 saturated heterocycles. The Hall–Kier alpha value is -0.740. The molecule has 1 spiro atoms. The topological polar surface area (TPSA) is 116 Å². The number of carbonyl (C=O) groups excluding carboxylic acids is 1. The molecule has 0 aromatic rings. The Morgan fingerprint density at radius 3 is 2.57 bits per heavy atom. The van der Waals surface area contributed by atoms with Gasteiger partial charge in [0.1, 0.15) is 0 Å². The number of rotatable bonds is 7. The van der Waals surface area contributed by atoms with Crippen molar-refractivity contribution >= 4 is 15.9 Å². The van der Waals surface area contributed by atoms with Gasteiger partial charge in [-0.2, -0.15) is 0 Å². The second-order valence-corrected chi connectivity index (χ2v) is 8.20. The number of likely N-dealkylation sites (tertiary alicyclic amines) is 1. The van der Waals surface area contributed by atoms with Crippen LogP contribution in [0.15, 0.2) is 0 Å². The average molecular weight is 350 g/mol. The lowest BCUT2D eigenvalue weighted by Gasteiger charge is -2.56. The van der Waals surface area contributed by atoms with Crippen molar-refractivity contribution in [2.75, 3.05) is 39.1 Å². The minimum absolute atomic E-state index is 0.0410. The fourth-order valence-corrected chi connectivity index (χ4v) is 3.96. The zero-order valence-electron chi connectivity index (χ0n) is 13.4. The number of sulfonamides is 1. The molecule has 1 aliphatic carbocycles. The van der Waals surface area contributed by atoms with Crippen LogP contribution in [0.25, 0.3) is 0 Å². The largest absolute Gasteiger partial charge is 0.394 e. The maximum atomic E-state index is 12.1. The number of hydrogen-bond donors (Lipinski definition) is 3. The first-order valence-electron chi connectivity index (χ1n) is 7.91. The number of carbonyl (C=O) groups is 1. The summed E-state index contributed by atoms with van der Waals surface area (Å²) < 4.78 is 29.9. The van der Waals surface area contributed by atoms with Crippen molar-refractivity contribution in [3.05, 3.63) is 0 Å². The summed E-state index contributed by atoms with van der Waals surface area (Å²) in [6, 6.07) is 0. The number of piperidine rings is 1. The van der Waals surface area contributed by atoms with Gasteiger partial charge in [-0.1, -0.05) is 0 Å². The van der Waals surface area contributed by atoms with Crippen LogP contribution < -0.4 is 4.72 Å². The Balaban J connectivity index is 1.79. The predicted molar refractivity (Wildman–Crippen MR) is 83.2 cm³/mol. The maximum Gasteiger partial charge on any atom is 0.223 e. The lowest BCUT2D eigenvalue weighted by Crippen LogP contribution is -2.62. The number of nitrogens with zero attached hydrogens (tertiary/aromatic N) is 1. The van der Waals surface area contributed by atoms with Gasteiger partial charge in [0.2, 0.25) is 15.9 Å². The SMILES string of the molecule is CS(=O)(=O)NCCC(=O)N1CCC2(CC1)[C@H](O)C[C@@H]2OCCO. The van der Waals surface area contributed by atoms with Crippen LogP contribution >= 0.6 is 0 Å². The van der Waals surface area contributed by atoms with Crippen molar-refractivity contribution in [1.29, 1.82) is 0 Å². The van der Waals surface area contributed by atoms with Crippen molar-refractivity contribution in [2.24, 2.45) is 5.41 Å². The van der Waals surface area contributed by atoms with E-state index in [0.717, 1.165) is 6.26 Å². The van der Waals surface area contributed by atoms with Crippen LogP contribution in [0.2, 0.25) is 0 Å². The van der Waals surface area contributed by atoms with E-state index in [2.05, 4.69) is 4.72 Å². The van der Waals surface area contributed by atoms with E-state index in [-0.39, 0.29) is 43.6 Å². The van der Waals surface area contributed by atoms with Gasteiger partial charge in [0.05, 0.1) is 31.7 Å². The quantitative estimate of drug-likeness (QED) is 0.524. The van der Waals surface area contributed by atoms with E-state index in [9.17, 15) is 18.3 Å². The monoisotopic (exact) mass is 350 g/mol. The molecule has 0 aromatic carbocycles. The molecule has 1 heterocycles. The summed E-state index contributed by atoms with van der Waals surface area (Å²) in [6.45, 7) is 1.39. The minimum Gasteiger partial charge on any atom is -0.394 e. The molecular formula is C14H26N2O6S. The molecule has 8 nitrogen and oxygen atoms in total. The van der Waals surface area contributed by atoms with Gasteiger partial charge in [-0.25, -0.2) is 13.1 Å². The number of aliphatic hydroxyl groups is 2. The Bertz CT molecular complexity index is 515. The van der Waals surface area contributed by atoms with E-state index in [0.29, 0.717) is 32.4 Å². The Kier molecular flexibility index (Phi) is 6.01. The van der Waals surface area contributed by atoms with Crippen molar-refractivity contribution in [2.45, 2.75) is 37.9 Å². The Morgan fingerprint density at radius 2 is 2.04 bits per heavy atom. The lowest BCUT2D eigenvalue weighted by atomic mass is 9.58. The second-order valence-electron chi connectivity index (χ2n) is 6.36.